The average Bonchev–Trinajstić information content (AvgIpc) is 3.04. The Morgan fingerprint density at radius 3 is 2.71 bits per heavy atom. The lowest BCUT2D eigenvalue weighted by Crippen LogP contribution is -1.92. The van der Waals surface area contributed by atoms with Crippen molar-refractivity contribution in [3.05, 3.63) is 40.6 Å². The van der Waals surface area contributed by atoms with E-state index in [2.05, 4.69) is 21.1 Å². The molecule has 0 fully saturated rings. The van der Waals surface area contributed by atoms with Crippen LogP contribution in [0, 0.1) is 6.92 Å². The van der Waals surface area contributed by atoms with Gasteiger partial charge in [-0.05, 0) is 47.1 Å². The normalized spacial score (nSPS) is 10.8. The number of hydrogen-bond donors (Lipinski definition) is 1. The van der Waals surface area contributed by atoms with Crippen molar-refractivity contribution >= 4 is 21.8 Å². The maximum Gasteiger partial charge on any atom is 0.230 e. The first-order chi connectivity index (χ1) is 10.1. The second-order valence-electron chi connectivity index (χ2n) is 4.58. The van der Waals surface area contributed by atoms with Gasteiger partial charge in [-0.3, -0.25) is 0 Å². The molecule has 0 bridgehead atoms. The molecule has 0 saturated heterocycles. The molecule has 0 amide bonds. The van der Waals surface area contributed by atoms with Gasteiger partial charge >= 0.3 is 0 Å². The number of furan rings is 1. The second kappa shape index (κ2) is 5.29. The van der Waals surface area contributed by atoms with E-state index in [0.717, 1.165) is 11.1 Å². The molecule has 6 heteroatoms. The predicted octanol–water partition coefficient (Wildman–Crippen LogP) is 4.26. The van der Waals surface area contributed by atoms with Gasteiger partial charge < -0.3 is 19.4 Å². The van der Waals surface area contributed by atoms with E-state index in [0.29, 0.717) is 27.4 Å². The van der Waals surface area contributed by atoms with E-state index in [1.54, 1.807) is 19.2 Å². The van der Waals surface area contributed by atoms with Crippen molar-refractivity contribution < 1.29 is 13.7 Å². The number of nitrogen functional groups attached to an aromatic ring is 1. The van der Waals surface area contributed by atoms with Gasteiger partial charge in [-0.15, -0.1) is 0 Å². The van der Waals surface area contributed by atoms with Gasteiger partial charge in [0.2, 0.25) is 5.88 Å². The molecule has 3 aromatic rings. The van der Waals surface area contributed by atoms with Crippen LogP contribution in [0.2, 0.25) is 0 Å². The van der Waals surface area contributed by atoms with Crippen LogP contribution in [0.1, 0.15) is 5.56 Å². The quantitative estimate of drug-likeness (QED) is 0.765. The van der Waals surface area contributed by atoms with Gasteiger partial charge in [0.05, 0.1) is 12.7 Å². The van der Waals surface area contributed by atoms with Gasteiger partial charge in [0, 0.05) is 5.56 Å². The molecule has 2 aromatic heterocycles. The zero-order valence-electron chi connectivity index (χ0n) is 11.5. The number of rotatable bonds is 3. The summed E-state index contributed by atoms with van der Waals surface area (Å²) in [5, 5.41) is 4.01. The second-order valence-corrected chi connectivity index (χ2v) is 5.36. The summed E-state index contributed by atoms with van der Waals surface area (Å²) in [7, 11) is 1.61. The summed E-state index contributed by atoms with van der Waals surface area (Å²) in [6.07, 6.45) is 0. The van der Waals surface area contributed by atoms with E-state index in [9.17, 15) is 0 Å². The lowest BCUT2D eigenvalue weighted by molar-refractivity contribution is 0.416. The molecule has 0 saturated carbocycles. The van der Waals surface area contributed by atoms with E-state index >= 15 is 0 Å². The molecular weight excluding hydrogens is 336 g/mol. The molecular formula is C15H13BrN2O3. The molecule has 3 rings (SSSR count). The SMILES string of the molecule is COc1ccc(C)cc1-c1c(-c2ccc(Br)o2)noc1N. The number of aromatic nitrogens is 1. The standard InChI is InChI=1S/C15H13BrN2O3/c1-8-3-4-10(19-2)9(7-8)13-14(18-21-15(13)17)11-5-6-12(16)20-11/h3-7H,17H2,1-2H3. The molecule has 21 heavy (non-hydrogen) atoms. The number of methoxy groups -OCH3 is 1. The molecule has 1 aromatic carbocycles. The minimum Gasteiger partial charge on any atom is -0.496 e. The van der Waals surface area contributed by atoms with Crippen LogP contribution >= 0.6 is 15.9 Å². The van der Waals surface area contributed by atoms with Crippen molar-refractivity contribution in [3.63, 3.8) is 0 Å². The highest BCUT2D eigenvalue weighted by Crippen LogP contribution is 2.41. The Bertz CT molecular complexity index is 792. The summed E-state index contributed by atoms with van der Waals surface area (Å²) in [4.78, 5) is 0. The molecule has 108 valence electrons. The van der Waals surface area contributed by atoms with Crippen LogP contribution in [0.25, 0.3) is 22.6 Å². The summed E-state index contributed by atoms with van der Waals surface area (Å²) in [6.45, 7) is 2.00. The number of ether oxygens (including phenoxy) is 1. The fourth-order valence-electron chi connectivity index (χ4n) is 2.19. The highest BCUT2D eigenvalue weighted by atomic mass is 79.9. The smallest absolute Gasteiger partial charge is 0.230 e. The topological polar surface area (TPSA) is 74.4 Å². The number of anilines is 1. The Hall–Kier alpha value is -2.21. The van der Waals surface area contributed by atoms with Crippen molar-refractivity contribution in [1.82, 2.24) is 5.16 Å². The lowest BCUT2D eigenvalue weighted by Gasteiger charge is -2.09. The van der Waals surface area contributed by atoms with Gasteiger partial charge in [0.25, 0.3) is 0 Å². The van der Waals surface area contributed by atoms with Crippen molar-refractivity contribution in [3.8, 4) is 28.3 Å². The summed E-state index contributed by atoms with van der Waals surface area (Å²) < 4.78 is 16.7. The van der Waals surface area contributed by atoms with E-state index in [1.807, 2.05) is 25.1 Å². The van der Waals surface area contributed by atoms with E-state index < -0.39 is 0 Å². The minimum absolute atomic E-state index is 0.224. The van der Waals surface area contributed by atoms with Gasteiger partial charge in [-0.1, -0.05) is 16.8 Å². The zero-order valence-corrected chi connectivity index (χ0v) is 13.1. The molecule has 0 spiro atoms. The summed E-state index contributed by atoms with van der Waals surface area (Å²) >= 11 is 3.28. The van der Waals surface area contributed by atoms with Gasteiger partial charge in [0.15, 0.2) is 16.1 Å². The number of halogens is 1. The first-order valence-electron chi connectivity index (χ1n) is 6.26. The molecule has 0 aliphatic heterocycles. The maximum absolute atomic E-state index is 5.95. The van der Waals surface area contributed by atoms with Crippen molar-refractivity contribution in [2.75, 3.05) is 12.8 Å². The van der Waals surface area contributed by atoms with Gasteiger partial charge in [0.1, 0.15) is 5.75 Å². The number of nitrogens with zero attached hydrogens (tertiary/aromatic N) is 1. The van der Waals surface area contributed by atoms with Crippen molar-refractivity contribution in [2.45, 2.75) is 6.92 Å². The first kappa shape index (κ1) is 13.8. The third kappa shape index (κ3) is 2.42. The van der Waals surface area contributed by atoms with Crippen molar-refractivity contribution in [2.24, 2.45) is 0 Å². The Labute approximate surface area is 129 Å². The highest BCUT2D eigenvalue weighted by molar-refractivity contribution is 9.10. The van der Waals surface area contributed by atoms with E-state index in [4.69, 9.17) is 19.4 Å². The third-order valence-corrected chi connectivity index (χ3v) is 3.58. The van der Waals surface area contributed by atoms with Crippen LogP contribution in [0.4, 0.5) is 5.88 Å². The van der Waals surface area contributed by atoms with Crippen molar-refractivity contribution in [1.29, 1.82) is 0 Å². The lowest BCUT2D eigenvalue weighted by atomic mass is 10.0. The highest BCUT2D eigenvalue weighted by Gasteiger charge is 2.22. The fraction of sp³-hybridized carbons (Fsp3) is 0.133. The van der Waals surface area contributed by atoms with Gasteiger partial charge in [-0.2, -0.15) is 0 Å². The van der Waals surface area contributed by atoms with E-state index in [1.165, 1.54) is 0 Å². The van der Waals surface area contributed by atoms with Crippen LogP contribution in [-0.2, 0) is 0 Å². The molecule has 0 aliphatic carbocycles. The summed E-state index contributed by atoms with van der Waals surface area (Å²) in [6, 6.07) is 9.42. The van der Waals surface area contributed by atoms with Crippen LogP contribution in [0.3, 0.4) is 0 Å². The maximum atomic E-state index is 5.95. The molecule has 2 N–H and O–H groups in total. The molecule has 0 aliphatic rings. The van der Waals surface area contributed by atoms with Gasteiger partial charge in [-0.25, -0.2) is 0 Å². The average molecular weight is 349 g/mol. The zero-order chi connectivity index (χ0) is 15.0. The molecule has 2 heterocycles. The van der Waals surface area contributed by atoms with Crippen LogP contribution in [0.5, 0.6) is 5.75 Å². The first-order valence-corrected chi connectivity index (χ1v) is 7.05. The molecule has 0 atom stereocenters. The summed E-state index contributed by atoms with van der Waals surface area (Å²) in [5.41, 5.74) is 9.06. The Morgan fingerprint density at radius 2 is 2.05 bits per heavy atom. The van der Waals surface area contributed by atoms with Crippen LogP contribution < -0.4 is 10.5 Å². The number of nitrogens with two attached hydrogens (primary N) is 1. The Kier molecular flexibility index (Phi) is 3.47. The Morgan fingerprint density at radius 1 is 1.24 bits per heavy atom. The third-order valence-electron chi connectivity index (χ3n) is 3.15. The predicted molar refractivity (Wildman–Crippen MR) is 83.0 cm³/mol. The van der Waals surface area contributed by atoms with Crippen LogP contribution in [-0.4, -0.2) is 12.3 Å². The minimum atomic E-state index is 0.224. The number of aryl methyl sites for hydroxylation is 1. The molecule has 5 nitrogen and oxygen atoms in total. The monoisotopic (exact) mass is 348 g/mol. The molecule has 0 unspecified atom stereocenters. The number of hydrogen-bond acceptors (Lipinski definition) is 5. The number of benzene rings is 1. The molecule has 0 radical (unpaired) electrons. The fourth-order valence-corrected chi connectivity index (χ4v) is 2.50. The largest absolute Gasteiger partial charge is 0.496 e. The summed E-state index contributed by atoms with van der Waals surface area (Å²) in [5.74, 6) is 1.49. The Balaban J connectivity index is 2.24. The van der Waals surface area contributed by atoms with E-state index in [-0.39, 0.29) is 5.88 Å². The van der Waals surface area contributed by atoms with Crippen LogP contribution in [0.15, 0.2) is 43.9 Å².